The van der Waals surface area contributed by atoms with Crippen molar-refractivity contribution in [2.75, 3.05) is 5.32 Å². The molecule has 4 rings (SSSR count). The Morgan fingerprint density at radius 3 is 2.63 bits per heavy atom. The maximum atomic E-state index is 12.8. The van der Waals surface area contributed by atoms with Gasteiger partial charge in [0.15, 0.2) is 4.32 Å². The van der Waals surface area contributed by atoms with Crippen LogP contribution in [0, 0.1) is 10.1 Å². The molecule has 1 aromatic heterocycles. The highest BCUT2D eigenvalue weighted by Crippen LogP contribution is 2.35. The number of nitro benzene ring substituents is 1. The molecule has 0 radical (unpaired) electrons. The summed E-state index contributed by atoms with van der Waals surface area (Å²) in [4.78, 5) is 35.8. The molecule has 0 atom stereocenters. The molecule has 3 aromatic rings. The molecule has 0 unspecified atom stereocenters. The van der Waals surface area contributed by atoms with Crippen LogP contribution in [-0.4, -0.2) is 26.2 Å². The number of nitro groups is 1. The van der Waals surface area contributed by atoms with Gasteiger partial charge in [-0.3, -0.25) is 14.9 Å². The molecule has 1 fully saturated rings. The number of hydrogen-bond acceptors (Lipinski definition) is 7. The second-order valence-corrected chi connectivity index (χ2v) is 10.2. The van der Waals surface area contributed by atoms with Crippen LogP contribution in [0.3, 0.4) is 0 Å². The van der Waals surface area contributed by atoms with Gasteiger partial charge in [-0.05, 0) is 64.5 Å². The first-order valence-corrected chi connectivity index (χ1v) is 12.2. The van der Waals surface area contributed by atoms with E-state index in [-0.39, 0.29) is 19.9 Å². The normalized spacial score (nSPS) is 14.5. The molecule has 0 bridgehead atoms. The number of anilines is 1. The number of thiocarbonyl (C=S) groups is 1. The molecule has 2 aromatic carbocycles. The Bertz CT molecular complexity index is 1430. The molecule has 0 saturated carbocycles. The van der Waals surface area contributed by atoms with Crippen molar-refractivity contribution in [1.29, 1.82) is 0 Å². The number of hydrazine groups is 1. The van der Waals surface area contributed by atoms with Crippen molar-refractivity contribution in [3.05, 3.63) is 83.8 Å². The van der Waals surface area contributed by atoms with Gasteiger partial charge in [0, 0.05) is 33.9 Å². The number of rotatable bonds is 5. The molecule has 2 N–H and O–H groups in total. The second kappa shape index (κ2) is 10.4. The summed E-state index contributed by atoms with van der Waals surface area (Å²) in [5.41, 5.74) is 3.30. The number of thioether (sulfide) groups is 1. The second-order valence-electron chi connectivity index (χ2n) is 6.84. The Labute approximate surface area is 225 Å². The summed E-state index contributed by atoms with van der Waals surface area (Å²) >= 11 is 21.3. The molecule has 1 aliphatic heterocycles. The number of non-ortho nitro benzene ring substituents is 1. The fourth-order valence-electron chi connectivity index (χ4n) is 2.92. The van der Waals surface area contributed by atoms with E-state index < -0.39 is 16.9 Å². The van der Waals surface area contributed by atoms with Gasteiger partial charge in [-0.25, -0.2) is 10.2 Å². The van der Waals surface area contributed by atoms with Gasteiger partial charge in [0.25, 0.3) is 11.6 Å². The quantitative estimate of drug-likeness (QED) is 0.140. The van der Waals surface area contributed by atoms with Gasteiger partial charge in [-0.2, -0.15) is 5.01 Å². The lowest BCUT2D eigenvalue weighted by molar-refractivity contribution is -0.384. The third-order valence-electron chi connectivity index (χ3n) is 4.51. The fraction of sp³-hybridized carbons (Fsp3) is 0. The van der Waals surface area contributed by atoms with E-state index in [1.54, 1.807) is 24.3 Å². The first-order chi connectivity index (χ1) is 16.6. The number of halogens is 3. The monoisotopic (exact) mass is 612 g/mol. The van der Waals surface area contributed by atoms with Crippen LogP contribution in [0.2, 0.25) is 10.0 Å². The van der Waals surface area contributed by atoms with E-state index in [0.29, 0.717) is 32.3 Å². The van der Waals surface area contributed by atoms with Crippen LogP contribution in [0.25, 0.3) is 17.4 Å². The van der Waals surface area contributed by atoms with Gasteiger partial charge in [0.1, 0.15) is 11.5 Å². The molecule has 0 spiro atoms. The zero-order valence-electron chi connectivity index (χ0n) is 17.1. The summed E-state index contributed by atoms with van der Waals surface area (Å²) in [6.07, 6.45) is 1.49. The highest BCUT2D eigenvalue weighted by atomic mass is 79.9. The van der Waals surface area contributed by atoms with E-state index in [2.05, 4.69) is 26.7 Å². The van der Waals surface area contributed by atoms with Gasteiger partial charge in [0.05, 0.1) is 19.9 Å². The Balaban J connectivity index is 1.46. The molecule has 178 valence electrons. The third kappa shape index (κ3) is 5.68. The van der Waals surface area contributed by atoms with Crippen LogP contribution < -0.4 is 10.7 Å². The van der Waals surface area contributed by atoms with Gasteiger partial charge < -0.3 is 9.73 Å². The molecule has 0 aliphatic carbocycles. The van der Waals surface area contributed by atoms with Crippen molar-refractivity contribution in [1.82, 2.24) is 10.4 Å². The Kier molecular flexibility index (Phi) is 7.47. The standard InChI is InChI=1S/C21H11BrCl2N4O5S2/c22-14-8-11(28(31)32)2-4-13(14)17-6-3-12(33-17)9-18-19(29)27(21(34)35-18)26-20(30)25-10-1-5-15(23)16(24)7-10/h1-9H,(H2,25,26,30)/b18-9+. The zero-order chi connectivity index (χ0) is 25.3. The molecular formula is C21H11BrCl2N4O5S2. The van der Waals surface area contributed by atoms with Crippen LogP contribution in [-0.2, 0) is 4.79 Å². The van der Waals surface area contributed by atoms with Gasteiger partial charge in [0.2, 0.25) is 0 Å². The Hall–Kier alpha value is -2.90. The molecule has 1 aliphatic rings. The molecule has 14 heteroatoms. The van der Waals surface area contributed by atoms with Crippen molar-refractivity contribution in [2.45, 2.75) is 0 Å². The van der Waals surface area contributed by atoms with E-state index >= 15 is 0 Å². The van der Waals surface area contributed by atoms with Crippen molar-refractivity contribution in [2.24, 2.45) is 0 Å². The predicted octanol–water partition coefficient (Wildman–Crippen LogP) is 6.86. The van der Waals surface area contributed by atoms with Crippen molar-refractivity contribution in [3.8, 4) is 11.3 Å². The molecule has 2 heterocycles. The SMILES string of the molecule is O=C(Nc1ccc(Cl)c(Cl)c1)NN1C(=O)/C(=C\c2ccc(-c3ccc([N+](=O)[O-])cc3Br)o2)SC1=S. The predicted molar refractivity (Wildman–Crippen MR) is 142 cm³/mol. The average Bonchev–Trinajstić information content (AvgIpc) is 3.36. The van der Waals surface area contributed by atoms with Crippen LogP contribution in [0.5, 0.6) is 0 Å². The topological polar surface area (TPSA) is 118 Å². The van der Waals surface area contributed by atoms with Crippen LogP contribution in [0.4, 0.5) is 16.2 Å². The largest absolute Gasteiger partial charge is 0.457 e. The first-order valence-electron chi connectivity index (χ1n) is 9.47. The van der Waals surface area contributed by atoms with Crippen LogP contribution in [0.1, 0.15) is 5.76 Å². The van der Waals surface area contributed by atoms with Crippen LogP contribution >= 0.6 is 63.1 Å². The minimum Gasteiger partial charge on any atom is -0.457 e. The summed E-state index contributed by atoms with van der Waals surface area (Å²) in [5.74, 6) is 0.248. The number of urea groups is 1. The lowest BCUT2D eigenvalue weighted by Crippen LogP contribution is -2.46. The average molecular weight is 614 g/mol. The van der Waals surface area contributed by atoms with Gasteiger partial charge in [-0.15, -0.1) is 0 Å². The molecule has 3 amide bonds. The molecule has 35 heavy (non-hydrogen) atoms. The van der Waals surface area contributed by atoms with Gasteiger partial charge >= 0.3 is 6.03 Å². The van der Waals surface area contributed by atoms with E-state index in [1.807, 2.05) is 0 Å². The smallest absolute Gasteiger partial charge is 0.338 e. The van der Waals surface area contributed by atoms with Crippen molar-refractivity contribution in [3.63, 3.8) is 0 Å². The van der Waals surface area contributed by atoms with Crippen LogP contribution in [0.15, 0.2) is 62.3 Å². The number of carbonyl (C=O) groups is 2. The third-order valence-corrected chi connectivity index (χ3v) is 7.21. The summed E-state index contributed by atoms with van der Waals surface area (Å²) in [7, 11) is 0. The zero-order valence-corrected chi connectivity index (χ0v) is 21.8. The molecule has 9 nitrogen and oxygen atoms in total. The van der Waals surface area contributed by atoms with E-state index in [0.717, 1.165) is 16.8 Å². The minimum absolute atomic E-state index is 0.0632. The molecule has 1 saturated heterocycles. The highest BCUT2D eigenvalue weighted by molar-refractivity contribution is 9.10. The van der Waals surface area contributed by atoms with Crippen molar-refractivity contribution >= 4 is 96.8 Å². The maximum absolute atomic E-state index is 12.8. The minimum atomic E-state index is -0.704. The van der Waals surface area contributed by atoms with Gasteiger partial charge in [-0.1, -0.05) is 35.0 Å². The van der Waals surface area contributed by atoms with Crippen molar-refractivity contribution < 1.29 is 18.9 Å². The summed E-state index contributed by atoms with van der Waals surface area (Å²) < 4.78 is 6.39. The number of furan rings is 1. The highest BCUT2D eigenvalue weighted by Gasteiger charge is 2.34. The fourth-order valence-corrected chi connectivity index (χ4v) is 4.94. The number of amides is 3. The Morgan fingerprint density at radius 2 is 1.94 bits per heavy atom. The number of hydrogen-bond donors (Lipinski definition) is 2. The summed E-state index contributed by atoms with van der Waals surface area (Å²) in [6, 6.07) is 11.4. The number of carbonyl (C=O) groups excluding carboxylic acids is 2. The number of benzene rings is 2. The number of nitrogens with zero attached hydrogens (tertiary/aromatic N) is 2. The maximum Gasteiger partial charge on any atom is 0.338 e. The van der Waals surface area contributed by atoms with E-state index in [1.165, 1.54) is 30.3 Å². The van der Waals surface area contributed by atoms with E-state index in [4.69, 9.17) is 39.8 Å². The molecular weight excluding hydrogens is 603 g/mol. The summed E-state index contributed by atoms with van der Waals surface area (Å²) in [5, 5.41) is 15.0. The number of nitrogens with one attached hydrogen (secondary N) is 2. The first kappa shape index (κ1) is 25.2. The lowest BCUT2D eigenvalue weighted by Gasteiger charge is -2.16. The summed E-state index contributed by atoms with van der Waals surface area (Å²) in [6.45, 7) is 0. The lowest BCUT2D eigenvalue weighted by atomic mass is 10.1. The van der Waals surface area contributed by atoms with E-state index in [9.17, 15) is 19.7 Å². The Morgan fingerprint density at radius 1 is 1.17 bits per heavy atom.